The van der Waals surface area contributed by atoms with Crippen molar-refractivity contribution in [3.05, 3.63) is 165 Å². The van der Waals surface area contributed by atoms with Crippen molar-refractivity contribution in [2.75, 3.05) is 5.32 Å². The number of aliphatic imine (C=N–C) groups is 2. The number of allylic oxidation sites excluding steroid dienone is 11. The van der Waals surface area contributed by atoms with Crippen molar-refractivity contribution < 1.29 is 4.74 Å². The van der Waals surface area contributed by atoms with Gasteiger partial charge in [-0.2, -0.15) is 0 Å². The van der Waals surface area contributed by atoms with Gasteiger partial charge in [0.25, 0.3) is 0 Å². The van der Waals surface area contributed by atoms with Gasteiger partial charge in [0.15, 0.2) is 0 Å². The van der Waals surface area contributed by atoms with Gasteiger partial charge in [0, 0.05) is 11.6 Å². The van der Waals surface area contributed by atoms with Crippen LogP contribution in [0.1, 0.15) is 40.2 Å². The van der Waals surface area contributed by atoms with Crippen molar-refractivity contribution >= 4 is 28.5 Å². The molecule has 0 spiro atoms. The highest BCUT2D eigenvalue weighted by molar-refractivity contribution is 6.11. The van der Waals surface area contributed by atoms with Crippen molar-refractivity contribution in [1.29, 1.82) is 0 Å². The zero-order chi connectivity index (χ0) is 33.6. The normalized spacial score (nSPS) is 16.6. The van der Waals surface area contributed by atoms with E-state index in [0.29, 0.717) is 17.3 Å². The molecule has 1 aromatic carbocycles. The number of nitrogens with one attached hydrogen (secondary N) is 2. The van der Waals surface area contributed by atoms with Crippen LogP contribution in [0.25, 0.3) is 5.57 Å². The van der Waals surface area contributed by atoms with Crippen LogP contribution in [0.2, 0.25) is 0 Å². The molecule has 0 radical (unpaired) electrons. The highest BCUT2D eigenvalue weighted by atomic mass is 16.5. The van der Waals surface area contributed by atoms with Crippen LogP contribution in [-0.4, -0.2) is 29.2 Å². The lowest BCUT2D eigenvalue weighted by Gasteiger charge is -2.26. The van der Waals surface area contributed by atoms with Crippen molar-refractivity contribution in [3.63, 3.8) is 0 Å². The lowest BCUT2D eigenvalue weighted by atomic mass is 9.98. The zero-order valence-corrected chi connectivity index (χ0v) is 27.6. The number of ether oxygens (including phenoxy) is 1. The first kappa shape index (κ1) is 36.0. The van der Waals surface area contributed by atoms with E-state index in [-0.39, 0.29) is 17.7 Å². The van der Waals surface area contributed by atoms with Crippen LogP contribution in [-0.2, 0) is 4.74 Å². The molecule has 0 aromatic heterocycles. The summed E-state index contributed by atoms with van der Waals surface area (Å²) in [6.45, 7) is 37.5. The molecule has 0 amide bonds. The predicted molar refractivity (Wildman–Crippen MR) is 199 cm³/mol. The van der Waals surface area contributed by atoms with Gasteiger partial charge >= 0.3 is 0 Å². The second kappa shape index (κ2) is 17.2. The molecular formula is C40H48N4O. The molecule has 5 nitrogen and oxygen atoms in total. The van der Waals surface area contributed by atoms with Gasteiger partial charge in [0.05, 0.1) is 28.8 Å². The van der Waals surface area contributed by atoms with E-state index in [9.17, 15) is 0 Å². The Bertz CT molecular complexity index is 1550. The Hall–Kier alpha value is -5.16. The van der Waals surface area contributed by atoms with Crippen molar-refractivity contribution in [2.45, 2.75) is 52.3 Å². The molecule has 2 unspecified atom stereocenters. The lowest BCUT2D eigenvalue weighted by Crippen LogP contribution is -2.32. The van der Waals surface area contributed by atoms with Gasteiger partial charge in [0.1, 0.15) is 17.2 Å². The van der Waals surface area contributed by atoms with E-state index in [4.69, 9.17) is 9.73 Å². The Kier molecular flexibility index (Phi) is 13.8. The van der Waals surface area contributed by atoms with E-state index < -0.39 is 0 Å². The number of hydrogen-bond donors (Lipinski definition) is 2. The van der Waals surface area contributed by atoms with Gasteiger partial charge in [-0.05, 0) is 81.7 Å². The highest BCUT2D eigenvalue weighted by Gasteiger charge is 2.21. The van der Waals surface area contributed by atoms with E-state index in [1.54, 1.807) is 24.3 Å². The third-order valence-electron chi connectivity index (χ3n) is 6.32. The van der Waals surface area contributed by atoms with E-state index in [1.165, 1.54) is 0 Å². The van der Waals surface area contributed by atoms with Gasteiger partial charge in [-0.25, -0.2) is 9.98 Å². The molecule has 0 bridgehead atoms. The van der Waals surface area contributed by atoms with Crippen LogP contribution in [0.3, 0.4) is 0 Å². The number of hydrogen-bond acceptors (Lipinski definition) is 4. The van der Waals surface area contributed by atoms with Crippen LogP contribution in [0.15, 0.2) is 170 Å². The molecule has 2 atom stereocenters. The smallest absolute Gasteiger partial charge is 0.134 e. The van der Waals surface area contributed by atoms with Crippen LogP contribution < -0.4 is 10.6 Å². The summed E-state index contributed by atoms with van der Waals surface area (Å²) >= 11 is 0. The summed E-state index contributed by atoms with van der Waals surface area (Å²) in [5, 5.41) is 7.07. The molecule has 1 aromatic rings. The molecule has 0 aliphatic carbocycles. The van der Waals surface area contributed by atoms with E-state index in [2.05, 4.69) is 92.9 Å². The van der Waals surface area contributed by atoms with E-state index in [0.717, 1.165) is 39.4 Å². The Balaban J connectivity index is 2.48. The van der Waals surface area contributed by atoms with Crippen molar-refractivity contribution in [2.24, 2.45) is 9.98 Å². The number of nitrogens with zero attached hydrogens (tertiary/aromatic N) is 2. The Labute approximate surface area is 271 Å². The molecule has 0 saturated heterocycles. The molecule has 0 saturated carbocycles. The first-order chi connectivity index (χ1) is 21.3. The summed E-state index contributed by atoms with van der Waals surface area (Å²) in [6.07, 6.45) is 22.1. The molecule has 1 aliphatic rings. The second-order valence-electron chi connectivity index (χ2n) is 11.3. The number of rotatable bonds is 15. The quantitative estimate of drug-likeness (QED) is 0.0911. The summed E-state index contributed by atoms with van der Waals surface area (Å²) in [7, 11) is 0. The second-order valence-corrected chi connectivity index (χ2v) is 11.3. The third-order valence-corrected chi connectivity index (χ3v) is 6.32. The SMILES string of the molecule is C=C\C=C/C(=C\C=C)C(=N/C(=C)C=C)/NC(C)/C=C(\C=C)c1ccc2c(c1)N=C(C(/C=C\C(=C)OC(C)(C)C)=C/C=C)C(C)N2. The maximum absolute atomic E-state index is 5.87. The van der Waals surface area contributed by atoms with Gasteiger partial charge in [-0.3, -0.25) is 0 Å². The average Bonchev–Trinajstić information content (AvgIpc) is 2.98. The maximum Gasteiger partial charge on any atom is 0.134 e. The Morgan fingerprint density at radius 2 is 1.69 bits per heavy atom. The summed E-state index contributed by atoms with van der Waals surface area (Å²) in [5.41, 5.74) is 6.55. The fraction of sp³-hybridized carbons (Fsp3) is 0.200. The molecule has 5 heteroatoms. The summed E-state index contributed by atoms with van der Waals surface area (Å²) < 4.78 is 5.87. The summed E-state index contributed by atoms with van der Waals surface area (Å²) in [6, 6.07) is 6.04. The van der Waals surface area contributed by atoms with Gasteiger partial charge in [-0.1, -0.05) is 107 Å². The van der Waals surface area contributed by atoms with Crippen LogP contribution in [0, 0.1) is 0 Å². The largest absolute Gasteiger partial charge is 0.489 e. The topological polar surface area (TPSA) is 58.0 Å². The van der Waals surface area contributed by atoms with E-state index in [1.807, 2.05) is 70.2 Å². The van der Waals surface area contributed by atoms with Crippen LogP contribution in [0.5, 0.6) is 0 Å². The van der Waals surface area contributed by atoms with Gasteiger partial charge in [0.2, 0.25) is 0 Å². The van der Waals surface area contributed by atoms with Crippen molar-refractivity contribution in [1.82, 2.24) is 5.32 Å². The monoisotopic (exact) mass is 600 g/mol. The third kappa shape index (κ3) is 11.5. The number of amidine groups is 1. The van der Waals surface area contributed by atoms with Gasteiger partial charge < -0.3 is 15.4 Å². The van der Waals surface area contributed by atoms with Crippen LogP contribution >= 0.6 is 0 Å². The minimum Gasteiger partial charge on any atom is -0.489 e. The zero-order valence-electron chi connectivity index (χ0n) is 27.6. The molecule has 2 rings (SSSR count). The number of fused-ring (bicyclic) bond motifs is 1. The van der Waals surface area contributed by atoms with E-state index >= 15 is 0 Å². The number of benzene rings is 1. The first-order valence-corrected chi connectivity index (χ1v) is 14.9. The molecular weight excluding hydrogens is 552 g/mol. The molecule has 2 N–H and O–H groups in total. The summed E-state index contributed by atoms with van der Waals surface area (Å²) in [4.78, 5) is 9.73. The van der Waals surface area contributed by atoms with Gasteiger partial charge in [-0.15, -0.1) is 0 Å². The molecule has 45 heavy (non-hydrogen) atoms. The average molecular weight is 601 g/mol. The fourth-order valence-electron chi connectivity index (χ4n) is 4.42. The maximum atomic E-state index is 5.87. The minimum absolute atomic E-state index is 0.0226. The fourth-order valence-corrected chi connectivity index (χ4v) is 4.42. The Morgan fingerprint density at radius 3 is 2.29 bits per heavy atom. The standard InChI is InChI=1S/C40H48N4O/c1-13-18-21-34(20-15-3)39(41-28(6)16-4)42-29(7)26-32(17-5)35-24-25-36-37(27-35)44-38(31(9)43-36)33(19-14-2)23-22-30(8)45-40(10,11)12/h13-27,29,31,43H,1-6,8H2,7,9-12H3,(H,41,42)/b21-18-,23-22-,32-26+,33-19+,34-20+. The highest BCUT2D eigenvalue weighted by Crippen LogP contribution is 2.35. The number of anilines is 1. The molecule has 1 heterocycles. The molecule has 1 aliphatic heterocycles. The molecule has 0 fully saturated rings. The first-order valence-electron chi connectivity index (χ1n) is 14.9. The minimum atomic E-state index is -0.332. The lowest BCUT2D eigenvalue weighted by molar-refractivity contribution is 0.0609. The Morgan fingerprint density at radius 1 is 0.978 bits per heavy atom. The van der Waals surface area contributed by atoms with Crippen molar-refractivity contribution in [3.8, 4) is 0 Å². The summed E-state index contributed by atoms with van der Waals surface area (Å²) in [5.74, 6) is 1.21. The van der Waals surface area contributed by atoms with Crippen LogP contribution in [0.4, 0.5) is 11.4 Å². The molecule has 234 valence electrons. The predicted octanol–water partition coefficient (Wildman–Crippen LogP) is 10.1.